The molecule has 0 aromatic heterocycles. The average molecular weight is 284 g/mol. The van der Waals surface area contributed by atoms with E-state index in [9.17, 15) is 4.39 Å². The van der Waals surface area contributed by atoms with E-state index >= 15 is 0 Å². The van der Waals surface area contributed by atoms with E-state index in [2.05, 4.69) is 36.1 Å². The number of fused-ring (bicyclic) bond motifs is 1. The summed E-state index contributed by atoms with van der Waals surface area (Å²) < 4.78 is 13.6. The van der Waals surface area contributed by atoms with Crippen molar-refractivity contribution in [3.05, 3.63) is 59.4 Å². The van der Waals surface area contributed by atoms with Crippen molar-refractivity contribution in [2.45, 2.75) is 26.3 Å². The quantitative estimate of drug-likeness (QED) is 0.896. The summed E-state index contributed by atoms with van der Waals surface area (Å²) in [6.45, 7) is 5.08. The lowest BCUT2D eigenvalue weighted by atomic mass is 9.92. The third-order valence-corrected chi connectivity index (χ3v) is 4.12. The molecule has 1 aliphatic heterocycles. The molecule has 0 spiro atoms. The van der Waals surface area contributed by atoms with Crippen LogP contribution in [0.4, 0.5) is 15.8 Å². The van der Waals surface area contributed by atoms with Crippen LogP contribution in [0.3, 0.4) is 0 Å². The molecule has 0 fully saturated rings. The van der Waals surface area contributed by atoms with Gasteiger partial charge in [-0.3, -0.25) is 0 Å². The molecule has 0 saturated carbocycles. The fraction of sp³-hybridized carbons (Fsp3) is 0.333. The maximum Gasteiger partial charge on any atom is 0.123 e. The Bertz CT molecular complexity index is 651. The van der Waals surface area contributed by atoms with E-state index in [4.69, 9.17) is 5.73 Å². The number of halogens is 1. The zero-order valence-electron chi connectivity index (χ0n) is 12.5. The highest BCUT2D eigenvalue weighted by Gasteiger charge is 2.24. The zero-order valence-corrected chi connectivity index (χ0v) is 12.5. The van der Waals surface area contributed by atoms with Crippen LogP contribution >= 0.6 is 0 Å². The van der Waals surface area contributed by atoms with Gasteiger partial charge in [-0.05, 0) is 54.7 Å². The number of benzene rings is 2. The Balaban J connectivity index is 2.13. The van der Waals surface area contributed by atoms with E-state index in [-0.39, 0.29) is 11.9 Å². The van der Waals surface area contributed by atoms with Gasteiger partial charge in [-0.25, -0.2) is 4.39 Å². The summed E-state index contributed by atoms with van der Waals surface area (Å²) in [6.07, 6.45) is 1.08. The maximum atomic E-state index is 13.6. The largest absolute Gasteiger partial charge is 0.341 e. The molecule has 21 heavy (non-hydrogen) atoms. The lowest BCUT2D eigenvalue weighted by Gasteiger charge is -2.36. The van der Waals surface area contributed by atoms with E-state index in [0.29, 0.717) is 5.92 Å². The normalized spacial score (nSPS) is 19.2. The minimum Gasteiger partial charge on any atom is -0.341 e. The fourth-order valence-corrected chi connectivity index (χ4v) is 3.16. The predicted octanol–water partition coefficient (Wildman–Crippen LogP) is 4.18. The van der Waals surface area contributed by atoms with Gasteiger partial charge in [-0.15, -0.1) is 0 Å². The van der Waals surface area contributed by atoms with Crippen molar-refractivity contribution < 1.29 is 4.39 Å². The summed E-state index contributed by atoms with van der Waals surface area (Å²) in [4.78, 5) is 2.28. The Hall–Kier alpha value is -1.87. The molecule has 0 bridgehead atoms. The molecule has 0 radical (unpaired) electrons. The van der Waals surface area contributed by atoms with Crippen LogP contribution in [0, 0.1) is 11.7 Å². The van der Waals surface area contributed by atoms with Crippen LogP contribution in [0.1, 0.15) is 31.0 Å². The molecule has 2 aromatic rings. The van der Waals surface area contributed by atoms with Gasteiger partial charge in [0.25, 0.3) is 0 Å². The number of anilines is 2. The molecule has 0 saturated heterocycles. The smallest absolute Gasteiger partial charge is 0.123 e. The monoisotopic (exact) mass is 284 g/mol. The summed E-state index contributed by atoms with van der Waals surface area (Å²) in [7, 11) is 0. The Kier molecular flexibility index (Phi) is 3.68. The highest BCUT2D eigenvalue weighted by molar-refractivity contribution is 5.71. The van der Waals surface area contributed by atoms with Gasteiger partial charge in [-0.2, -0.15) is 0 Å². The lowest BCUT2D eigenvalue weighted by Crippen LogP contribution is -2.31. The van der Waals surface area contributed by atoms with E-state index < -0.39 is 0 Å². The number of rotatable bonds is 2. The van der Waals surface area contributed by atoms with Crippen molar-refractivity contribution in [2.75, 3.05) is 11.4 Å². The van der Waals surface area contributed by atoms with Crippen LogP contribution in [0.2, 0.25) is 0 Å². The van der Waals surface area contributed by atoms with Crippen molar-refractivity contribution in [3.63, 3.8) is 0 Å². The van der Waals surface area contributed by atoms with E-state index in [1.54, 1.807) is 6.07 Å². The molecule has 0 amide bonds. The lowest BCUT2D eigenvalue weighted by molar-refractivity contribution is 0.560. The number of hydrogen-bond acceptors (Lipinski definition) is 2. The van der Waals surface area contributed by atoms with Crippen molar-refractivity contribution in [3.8, 4) is 0 Å². The van der Waals surface area contributed by atoms with Crippen LogP contribution in [0.5, 0.6) is 0 Å². The molecule has 2 aromatic carbocycles. The second-order valence-corrected chi connectivity index (χ2v) is 6.04. The van der Waals surface area contributed by atoms with E-state index in [1.807, 2.05) is 13.0 Å². The highest BCUT2D eigenvalue weighted by Crippen LogP contribution is 2.38. The predicted molar refractivity (Wildman–Crippen MR) is 85.3 cm³/mol. The number of nitrogens with two attached hydrogens (primary N) is 1. The minimum absolute atomic E-state index is 0.194. The van der Waals surface area contributed by atoms with Gasteiger partial charge in [-0.1, -0.05) is 25.1 Å². The molecule has 1 heterocycles. The SMILES string of the molecule is CC1Cc2ccccc2N(c2ccc(F)cc2[C@H](C)N)C1. The molecule has 1 aliphatic rings. The molecular weight excluding hydrogens is 263 g/mol. The topological polar surface area (TPSA) is 29.3 Å². The van der Waals surface area contributed by atoms with Crippen LogP contribution in [-0.2, 0) is 6.42 Å². The standard InChI is InChI=1S/C18H21FN2/c1-12-9-14-5-3-4-6-17(14)21(11-12)18-8-7-15(19)10-16(18)13(2)20/h3-8,10,12-13H,9,11,20H2,1-2H3/t12?,13-/m0/s1. The molecule has 0 aliphatic carbocycles. The van der Waals surface area contributed by atoms with Crippen molar-refractivity contribution in [2.24, 2.45) is 11.7 Å². The zero-order chi connectivity index (χ0) is 15.0. The average Bonchev–Trinajstić information content (AvgIpc) is 2.46. The second-order valence-electron chi connectivity index (χ2n) is 6.04. The van der Waals surface area contributed by atoms with Gasteiger partial charge in [0.2, 0.25) is 0 Å². The van der Waals surface area contributed by atoms with Crippen molar-refractivity contribution in [1.82, 2.24) is 0 Å². The Labute approximate surface area is 125 Å². The third-order valence-electron chi connectivity index (χ3n) is 4.12. The molecule has 2 atom stereocenters. The summed E-state index contributed by atoms with van der Waals surface area (Å²) in [6, 6.07) is 13.2. The minimum atomic E-state index is -0.232. The molecule has 2 nitrogen and oxygen atoms in total. The van der Waals surface area contributed by atoms with Gasteiger partial charge in [0.1, 0.15) is 5.82 Å². The number of hydrogen-bond donors (Lipinski definition) is 1. The van der Waals surface area contributed by atoms with Gasteiger partial charge in [0.05, 0.1) is 0 Å². The molecular formula is C18H21FN2. The second kappa shape index (κ2) is 5.49. The van der Waals surface area contributed by atoms with Crippen molar-refractivity contribution >= 4 is 11.4 Å². The Morgan fingerprint density at radius 3 is 2.71 bits per heavy atom. The van der Waals surface area contributed by atoms with Gasteiger partial charge in [0, 0.05) is 24.0 Å². The van der Waals surface area contributed by atoms with Crippen molar-refractivity contribution in [1.29, 1.82) is 0 Å². The maximum absolute atomic E-state index is 13.6. The van der Waals surface area contributed by atoms with Crippen LogP contribution in [-0.4, -0.2) is 6.54 Å². The van der Waals surface area contributed by atoms with Crippen LogP contribution < -0.4 is 10.6 Å². The summed E-state index contributed by atoms with van der Waals surface area (Å²) >= 11 is 0. The van der Waals surface area contributed by atoms with E-state index in [1.165, 1.54) is 17.3 Å². The highest BCUT2D eigenvalue weighted by atomic mass is 19.1. The first-order valence-corrected chi connectivity index (χ1v) is 7.46. The Morgan fingerprint density at radius 2 is 1.95 bits per heavy atom. The Morgan fingerprint density at radius 1 is 1.19 bits per heavy atom. The first-order chi connectivity index (χ1) is 10.1. The fourth-order valence-electron chi connectivity index (χ4n) is 3.16. The van der Waals surface area contributed by atoms with E-state index in [0.717, 1.165) is 24.2 Å². The summed E-state index contributed by atoms with van der Waals surface area (Å²) in [5.41, 5.74) is 10.5. The van der Waals surface area contributed by atoms with Crippen LogP contribution in [0.15, 0.2) is 42.5 Å². The van der Waals surface area contributed by atoms with Gasteiger partial charge < -0.3 is 10.6 Å². The first-order valence-electron chi connectivity index (χ1n) is 7.46. The first kappa shape index (κ1) is 14.1. The molecule has 2 N–H and O–H groups in total. The summed E-state index contributed by atoms with van der Waals surface area (Å²) in [5, 5.41) is 0. The molecule has 3 heteroatoms. The molecule has 110 valence electrons. The molecule has 3 rings (SSSR count). The number of para-hydroxylation sites is 1. The third kappa shape index (κ3) is 2.66. The molecule has 1 unspecified atom stereocenters. The number of nitrogens with zero attached hydrogens (tertiary/aromatic N) is 1. The summed E-state index contributed by atoms with van der Waals surface area (Å²) in [5.74, 6) is 0.329. The van der Waals surface area contributed by atoms with Gasteiger partial charge in [0.15, 0.2) is 0 Å². The van der Waals surface area contributed by atoms with Gasteiger partial charge >= 0.3 is 0 Å². The van der Waals surface area contributed by atoms with Crippen LogP contribution in [0.25, 0.3) is 0 Å².